The van der Waals surface area contributed by atoms with E-state index in [1.165, 1.54) is 16.0 Å². The lowest BCUT2D eigenvalue weighted by molar-refractivity contribution is -0.137. The summed E-state index contributed by atoms with van der Waals surface area (Å²) in [6, 6.07) is 10.2. The molecule has 1 aliphatic heterocycles. The third-order valence-electron chi connectivity index (χ3n) is 5.98. The van der Waals surface area contributed by atoms with E-state index in [4.69, 9.17) is 4.52 Å². The van der Waals surface area contributed by atoms with Crippen LogP contribution in [-0.2, 0) is 16.1 Å². The second-order valence-corrected chi connectivity index (χ2v) is 9.81. The second kappa shape index (κ2) is 12.0. The van der Waals surface area contributed by atoms with Gasteiger partial charge in [0, 0.05) is 19.2 Å². The number of benzene rings is 1. The highest BCUT2D eigenvalue weighted by molar-refractivity contribution is 7.13. The average molecular weight is 483 g/mol. The molecule has 34 heavy (non-hydrogen) atoms. The summed E-state index contributed by atoms with van der Waals surface area (Å²) in [6.45, 7) is 9.40. The van der Waals surface area contributed by atoms with E-state index in [9.17, 15) is 9.59 Å². The van der Waals surface area contributed by atoms with Gasteiger partial charge in [0.1, 0.15) is 12.0 Å². The Morgan fingerprint density at radius 2 is 2.03 bits per heavy atom. The molecular weight excluding hydrogens is 448 g/mol. The molecule has 1 aliphatic rings. The Labute approximate surface area is 205 Å². The Bertz CT molecular complexity index is 1070. The highest BCUT2D eigenvalue weighted by Gasteiger charge is 2.36. The average Bonchev–Trinajstić information content (AvgIpc) is 3.56. The number of hydrogen-bond acceptors (Lipinski definition) is 7. The predicted molar refractivity (Wildman–Crippen MR) is 135 cm³/mol. The molecule has 0 aliphatic carbocycles. The minimum Gasteiger partial charge on any atom is -0.361 e. The minimum atomic E-state index is -0.335. The van der Waals surface area contributed by atoms with Crippen molar-refractivity contribution in [2.45, 2.75) is 59.0 Å². The predicted octanol–water partition coefficient (Wildman–Crippen LogP) is 4.75. The molecule has 1 saturated heterocycles. The van der Waals surface area contributed by atoms with E-state index in [1.54, 1.807) is 22.3 Å². The van der Waals surface area contributed by atoms with Gasteiger partial charge in [-0.25, -0.2) is 4.98 Å². The molecule has 0 spiro atoms. The molecule has 2 atom stereocenters. The molecule has 8 heteroatoms. The number of amides is 1. The fraction of sp³-hybridized carbons (Fsp3) is 0.462. The fourth-order valence-corrected chi connectivity index (χ4v) is 5.04. The molecular formula is C26H34N4O3S. The molecule has 3 heterocycles. The summed E-state index contributed by atoms with van der Waals surface area (Å²) in [7, 11) is 1.96. The molecule has 2 aromatic heterocycles. The van der Waals surface area contributed by atoms with Gasteiger partial charge in [-0.05, 0) is 50.8 Å². The van der Waals surface area contributed by atoms with Crippen LogP contribution in [0.15, 0.2) is 40.4 Å². The Hall–Kier alpha value is -2.84. The van der Waals surface area contributed by atoms with E-state index in [2.05, 4.69) is 39.7 Å². The zero-order chi connectivity index (χ0) is 24.7. The van der Waals surface area contributed by atoms with Crippen molar-refractivity contribution in [2.75, 3.05) is 13.6 Å². The first kappa shape index (κ1) is 25.8. The molecule has 0 bridgehead atoms. The lowest BCUT2D eigenvalue weighted by atomic mass is 9.90. The highest BCUT2D eigenvalue weighted by Crippen LogP contribution is 2.30. The molecule has 0 radical (unpaired) electrons. The van der Waals surface area contributed by atoms with Crippen molar-refractivity contribution in [1.82, 2.24) is 20.4 Å². The van der Waals surface area contributed by atoms with Gasteiger partial charge in [0.2, 0.25) is 5.91 Å². The largest absolute Gasteiger partial charge is 0.361 e. The zero-order valence-corrected chi connectivity index (χ0v) is 21.4. The van der Waals surface area contributed by atoms with Crippen molar-refractivity contribution in [3.05, 3.63) is 58.6 Å². The van der Waals surface area contributed by atoms with Crippen LogP contribution in [0.4, 0.5) is 0 Å². The highest BCUT2D eigenvalue weighted by atomic mass is 32.1. The Balaban J connectivity index is 0.000000196. The van der Waals surface area contributed by atoms with Gasteiger partial charge in [0.15, 0.2) is 0 Å². The fourth-order valence-electron chi connectivity index (χ4n) is 4.23. The zero-order valence-electron chi connectivity index (χ0n) is 20.6. The van der Waals surface area contributed by atoms with Crippen LogP contribution < -0.4 is 5.32 Å². The first-order valence-corrected chi connectivity index (χ1v) is 12.6. The maximum absolute atomic E-state index is 12.7. The molecule has 2 unspecified atom stereocenters. The molecule has 182 valence electrons. The number of aryl methyl sites for hydroxylation is 2. The Morgan fingerprint density at radius 1 is 1.29 bits per heavy atom. The van der Waals surface area contributed by atoms with Gasteiger partial charge in [-0.15, -0.1) is 11.3 Å². The van der Waals surface area contributed by atoms with Crippen molar-refractivity contribution in [1.29, 1.82) is 0 Å². The monoisotopic (exact) mass is 482 g/mol. The lowest BCUT2D eigenvalue weighted by Crippen LogP contribution is -2.41. The third kappa shape index (κ3) is 6.18. The molecule has 0 saturated carbocycles. The van der Waals surface area contributed by atoms with E-state index >= 15 is 0 Å². The van der Waals surface area contributed by atoms with Crippen LogP contribution in [0.1, 0.15) is 55.3 Å². The number of nitrogens with zero attached hydrogens (tertiary/aromatic N) is 3. The van der Waals surface area contributed by atoms with Gasteiger partial charge in [-0.3, -0.25) is 4.79 Å². The maximum atomic E-state index is 12.7. The van der Waals surface area contributed by atoms with Crippen LogP contribution in [0.25, 0.3) is 10.4 Å². The smallest absolute Gasteiger partial charge is 0.232 e. The lowest BCUT2D eigenvalue weighted by Gasteiger charge is -2.27. The van der Waals surface area contributed by atoms with Gasteiger partial charge >= 0.3 is 0 Å². The third-order valence-corrected chi connectivity index (χ3v) is 6.96. The summed E-state index contributed by atoms with van der Waals surface area (Å²) in [6.07, 6.45) is 2.52. The first-order chi connectivity index (χ1) is 16.3. The number of nitrogens with one attached hydrogen (secondary N) is 1. The number of hydrogen-bond donors (Lipinski definition) is 1. The number of thiazole rings is 1. The van der Waals surface area contributed by atoms with Crippen molar-refractivity contribution in [3.8, 4) is 10.4 Å². The minimum absolute atomic E-state index is 0.0158. The SMILES string of the molecule is CNCc1ccc(-c2scnc2C)cc1.Cc1cc(C(C(=O)N2CCCC2C=O)C(C)C)no1. The first-order valence-electron chi connectivity index (χ1n) is 11.7. The van der Waals surface area contributed by atoms with Crippen LogP contribution in [0.2, 0.25) is 0 Å². The van der Waals surface area contributed by atoms with Gasteiger partial charge in [-0.1, -0.05) is 43.3 Å². The standard InChI is InChI=1S/C14H20N2O3.C12H14N2S/c1-9(2)13(12-7-10(3)19-15-12)14(18)16-6-4-5-11(16)8-17;1-9-12(15-8-14-9)11-5-3-10(4-6-11)7-13-2/h7-9,11,13H,4-6H2,1-3H3;3-6,8,13H,7H2,1-2H3. The summed E-state index contributed by atoms with van der Waals surface area (Å²) in [5.41, 5.74) is 6.24. The van der Waals surface area contributed by atoms with Crippen molar-refractivity contribution in [3.63, 3.8) is 0 Å². The summed E-state index contributed by atoms with van der Waals surface area (Å²) < 4.78 is 5.07. The number of rotatable bonds is 7. The molecule has 1 fully saturated rings. The van der Waals surface area contributed by atoms with Crippen LogP contribution in [0, 0.1) is 19.8 Å². The van der Waals surface area contributed by atoms with Gasteiger partial charge in [0.25, 0.3) is 0 Å². The van der Waals surface area contributed by atoms with Crippen LogP contribution in [0.3, 0.4) is 0 Å². The van der Waals surface area contributed by atoms with E-state index in [0.717, 1.165) is 31.4 Å². The molecule has 1 aromatic carbocycles. The molecule has 7 nitrogen and oxygen atoms in total. The molecule has 3 aromatic rings. The number of carbonyl (C=O) groups excluding carboxylic acids is 2. The van der Waals surface area contributed by atoms with Gasteiger partial charge in [-0.2, -0.15) is 0 Å². The van der Waals surface area contributed by atoms with Crippen molar-refractivity contribution in [2.24, 2.45) is 5.92 Å². The molecule has 1 amide bonds. The summed E-state index contributed by atoms with van der Waals surface area (Å²) in [4.78, 5) is 30.9. The number of aromatic nitrogens is 2. The Morgan fingerprint density at radius 3 is 2.56 bits per heavy atom. The number of carbonyl (C=O) groups is 2. The molecule has 1 N–H and O–H groups in total. The quantitative estimate of drug-likeness (QED) is 0.489. The maximum Gasteiger partial charge on any atom is 0.232 e. The van der Waals surface area contributed by atoms with Crippen molar-refractivity contribution >= 4 is 23.5 Å². The van der Waals surface area contributed by atoms with E-state index < -0.39 is 0 Å². The Kier molecular flexibility index (Phi) is 9.12. The van der Waals surface area contributed by atoms with Gasteiger partial charge in [0.05, 0.1) is 33.7 Å². The molecule has 4 rings (SSSR count). The van der Waals surface area contributed by atoms with Gasteiger partial charge < -0.3 is 19.5 Å². The van der Waals surface area contributed by atoms with Crippen LogP contribution in [0.5, 0.6) is 0 Å². The van der Waals surface area contributed by atoms with Crippen LogP contribution in [-0.4, -0.2) is 46.9 Å². The summed E-state index contributed by atoms with van der Waals surface area (Å²) in [5, 5.41) is 7.11. The number of aldehydes is 1. The number of likely N-dealkylation sites (tertiary alicyclic amines) is 1. The summed E-state index contributed by atoms with van der Waals surface area (Å²) >= 11 is 1.70. The topological polar surface area (TPSA) is 88.3 Å². The van der Waals surface area contributed by atoms with Crippen LogP contribution >= 0.6 is 11.3 Å². The van der Waals surface area contributed by atoms with Crippen molar-refractivity contribution < 1.29 is 14.1 Å². The van der Waals surface area contributed by atoms with E-state index in [0.29, 0.717) is 18.0 Å². The second-order valence-electron chi connectivity index (χ2n) is 8.96. The normalized spacial score (nSPS) is 16.3. The summed E-state index contributed by atoms with van der Waals surface area (Å²) in [5.74, 6) is 0.461. The van der Waals surface area contributed by atoms with E-state index in [1.807, 2.05) is 40.3 Å². The van der Waals surface area contributed by atoms with E-state index in [-0.39, 0.29) is 23.8 Å².